The monoisotopic (exact) mass is 385 g/mol. The number of halogens is 3. The quantitative estimate of drug-likeness (QED) is 0.657. The number of hydrogen-bond donors (Lipinski definition) is 0. The Morgan fingerprint density at radius 1 is 0.929 bits per heavy atom. The zero-order chi connectivity index (χ0) is 19.6. The van der Waals surface area contributed by atoms with Crippen LogP contribution in [0.15, 0.2) is 48.5 Å². The summed E-state index contributed by atoms with van der Waals surface area (Å²) >= 11 is 0. The predicted octanol–water partition coefficient (Wildman–Crippen LogP) is 4.72. The normalized spacial score (nSPS) is 25.2. The van der Waals surface area contributed by atoms with Crippen LogP contribution in [-0.4, -0.2) is 29.3 Å². The van der Waals surface area contributed by atoms with E-state index < -0.39 is 23.4 Å². The lowest BCUT2D eigenvalue weighted by Gasteiger charge is -2.41. The number of benzene rings is 2. The molecule has 5 rings (SSSR count). The molecule has 2 aliphatic heterocycles. The number of carbonyl (C=O) groups is 1. The first-order valence-electron chi connectivity index (χ1n) is 9.32. The third-order valence-corrected chi connectivity index (χ3v) is 6.04. The van der Waals surface area contributed by atoms with Gasteiger partial charge in [0, 0.05) is 12.8 Å². The second-order valence-electron chi connectivity index (χ2n) is 7.55. The zero-order valence-corrected chi connectivity index (χ0v) is 15.0. The van der Waals surface area contributed by atoms with Gasteiger partial charge in [0.2, 0.25) is 11.6 Å². The number of hydrogen-bond acceptors (Lipinski definition) is 2. The van der Waals surface area contributed by atoms with Crippen molar-refractivity contribution < 1.29 is 22.7 Å². The van der Waals surface area contributed by atoms with E-state index in [0.717, 1.165) is 16.0 Å². The summed E-state index contributed by atoms with van der Waals surface area (Å²) in [6.45, 7) is -0.152. The molecule has 3 aliphatic rings. The van der Waals surface area contributed by atoms with E-state index in [9.17, 15) is 18.0 Å². The van der Waals surface area contributed by atoms with Crippen molar-refractivity contribution in [2.75, 3.05) is 6.54 Å². The van der Waals surface area contributed by atoms with Crippen LogP contribution in [0.5, 0.6) is 0 Å². The molecule has 144 valence electrons. The number of rotatable bonds is 0. The Hall–Kier alpha value is -2.60. The van der Waals surface area contributed by atoms with E-state index in [0.29, 0.717) is 11.1 Å². The number of carbonyl (C=O) groups excluding carboxylic acids is 1. The fourth-order valence-corrected chi connectivity index (χ4v) is 4.79. The smallest absolute Gasteiger partial charge is 0.329 e. The van der Waals surface area contributed by atoms with Crippen LogP contribution in [0.2, 0.25) is 0 Å². The van der Waals surface area contributed by atoms with Crippen molar-refractivity contribution in [3.63, 3.8) is 0 Å². The highest BCUT2D eigenvalue weighted by Gasteiger charge is 2.71. The summed E-state index contributed by atoms with van der Waals surface area (Å²) in [5, 5.41) is 0. The number of nitrogens with zero attached hydrogens (tertiary/aromatic N) is 1. The average Bonchev–Trinajstić information content (AvgIpc) is 2.99. The third-order valence-electron chi connectivity index (χ3n) is 6.04. The van der Waals surface area contributed by atoms with E-state index >= 15 is 0 Å². The van der Waals surface area contributed by atoms with E-state index in [4.69, 9.17) is 4.74 Å². The second kappa shape index (κ2) is 5.70. The van der Waals surface area contributed by atoms with Gasteiger partial charge in [-0.3, -0.25) is 4.79 Å². The third kappa shape index (κ3) is 2.18. The Kier molecular flexibility index (Phi) is 3.56. The molecule has 3 nitrogen and oxygen atoms in total. The van der Waals surface area contributed by atoms with E-state index in [1.54, 1.807) is 24.3 Å². The summed E-state index contributed by atoms with van der Waals surface area (Å²) in [5.74, 6) is -0.507. The second-order valence-corrected chi connectivity index (χ2v) is 7.55. The van der Waals surface area contributed by atoms with Crippen LogP contribution in [0.1, 0.15) is 41.5 Å². The Labute approximate surface area is 160 Å². The molecule has 6 heteroatoms. The standard InChI is InChI=1S/C22H18F3NO2/c23-22(24,25)21-13-5-10-19(27)26(21)14-20(28-21)17-8-3-1-6-15(17)11-12-16-7-2-4-9-18(16)20/h1-4,6-9,11-12H,5,10,13-14H2. The molecule has 1 aliphatic carbocycles. The molecule has 1 amide bonds. The molecular formula is C22H18F3NO2. The fourth-order valence-electron chi connectivity index (χ4n) is 4.79. The minimum absolute atomic E-state index is 0.110. The maximum atomic E-state index is 14.3. The van der Waals surface area contributed by atoms with Crippen molar-refractivity contribution in [3.05, 3.63) is 70.8 Å². The highest BCUT2D eigenvalue weighted by molar-refractivity contribution is 5.81. The Bertz CT molecular complexity index is 948. The molecule has 0 saturated carbocycles. The van der Waals surface area contributed by atoms with Crippen LogP contribution < -0.4 is 0 Å². The lowest BCUT2D eigenvalue weighted by molar-refractivity contribution is -0.320. The maximum Gasteiger partial charge on any atom is 0.436 e. The van der Waals surface area contributed by atoms with Gasteiger partial charge in [0.1, 0.15) is 5.60 Å². The van der Waals surface area contributed by atoms with Gasteiger partial charge in [0.05, 0.1) is 6.54 Å². The lowest BCUT2D eigenvalue weighted by atomic mass is 9.83. The molecule has 0 N–H and O–H groups in total. The molecule has 28 heavy (non-hydrogen) atoms. The summed E-state index contributed by atoms with van der Waals surface area (Å²) in [5.41, 5.74) is -1.06. The summed E-state index contributed by atoms with van der Waals surface area (Å²) < 4.78 is 49.0. The van der Waals surface area contributed by atoms with Crippen molar-refractivity contribution >= 4 is 18.1 Å². The van der Waals surface area contributed by atoms with Gasteiger partial charge in [-0.1, -0.05) is 60.7 Å². The largest absolute Gasteiger partial charge is 0.436 e. The van der Waals surface area contributed by atoms with Gasteiger partial charge >= 0.3 is 6.18 Å². The van der Waals surface area contributed by atoms with Gasteiger partial charge < -0.3 is 9.64 Å². The van der Waals surface area contributed by atoms with E-state index in [-0.39, 0.29) is 25.8 Å². The Balaban J connectivity index is 1.81. The number of amides is 1. The first-order valence-corrected chi connectivity index (χ1v) is 9.32. The van der Waals surface area contributed by atoms with Gasteiger partial charge in [-0.15, -0.1) is 0 Å². The van der Waals surface area contributed by atoms with Gasteiger partial charge in [0.15, 0.2) is 0 Å². The molecule has 0 aromatic heterocycles. The number of fused-ring (bicyclic) bond motifs is 5. The van der Waals surface area contributed by atoms with Crippen LogP contribution in [0, 0.1) is 0 Å². The van der Waals surface area contributed by atoms with Crippen molar-refractivity contribution in [2.24, 2.45) is 0 Å². The van der Waals surface area contributed by atoms with E-state index in [1.165, 1.54) is 0 Å². The maximum absolute atomic E-state index is 14.3. The first kappa shape index (κ1) is 17.5. The van der Waals surface area contributed by atoms with Crippen LogP contribution in [-0.2, 0) is 15.1 Å². The molecule has 0 bridgehead atoms. The molecule has 0 radical (unpaired) electrons. The van der Waals surface area contributed by atoms with Crippen LogP contribution in [0.4, 0.5) is 13.2 Å². The first-order chi connectivity index (χ1) is 13.4. The van der Waals surface area contributed by atoms with Gasteiger partial charge in [-0.05, 0) is 28.7 Å². The summed E-state index contributed by atoms with van der Waals surface area (Å²) in [4.78, 5) is 13.5. The average molecular weight is 385 g/mol. The summed E-state index contributed by atoms with van der Waals surface area (Å²) in [6, 6.07) is 14.6. The lowest BCUT2D eigenvalue weighted by Crippen LogP contribution is -2.60. The number of piperidine rings is 1. The van der Waals surface area contributed by atoms with Crippen LogP contribution >= 0.6 is 0 Å². The molecule has 2 saturated heterocycles. The molecule has 1 atom stereocenters. The highest BCUT2D eigenvalue weighted by Crippen LogP contribution is 2.56. The van der Waals surface area contributed by atoms with E-state index in [1.807, 2.05) is 36.4 Å². The van der Waals surface area contributed by atoms with Crippen molar-refractivity contribution in [1.82, 2.24) is 4.90 Å². The van der Waals surface area contributed by atoms with Crippen molar-refractivity contribution in [3.8, 4) is 0 Å². The topological polar surface area (TPSA) is 29.5 Å². The number of alkyl halides is 3. The van der Waals surface area contributed by atoms with Crippen LogP contribution in [0.3, 0.4) is 0 Å². The molecule has 2 aromatic rings. The Morgan fingerprint density at radius 2 is 1.50 bits per heavy atom. The van der Waals surface area contributed by atoms with Crippen molar-refractivity contribution in [2.45, 2.75) is 36.8 Å². The van der Waals surface area contributed by atoms with E-state index in [2.05, 4.69) is 0 Å². The van der Waals surface area contributed by atoms with Crippen molar-refractivity contribution in [1.29, 1.82) is 0 Å². The molecule has 1 spiro atoms. The Morgan fingerprint density at radius 3 is 2.04 bits per heavy atom. The molecule has 2 aromatic carbocycles. The van der Waals surface area contributed by atoms with Gasteiger partial charge in [0.25, 0.3) is 0 Å². The minimum atomic E-state index is -4.68. The van der Waals surface area contributed by atoms with Gasteiger partial charge in [-0.2, -0.15) is 13.2 Å². The summed E-state index contributed by atoms with van der Waals surface area (Å²) in [7, 11) is 0. The molecule has 1 unspecified atom stereocenters. The number of ether oxygens (including phenoxy) is 1. The highest BCUT2D eigenvalue weighted by atomic mass is 19.4. The molecular weight excluding hydrogens is 367 g/mol. The van der Waals surface area contributed by atoms with Crippen LogP contribution in [0.25, 0.3) is 12.2 Å². The minimum Gasteiger partial charge on any atom is -0.329 e. The summed E-state index contributed by atoms with van der Waals surface area (Å²) in [6.07, 6.45) is -0.874. The SMILES string of the molecule is O=C1CCCC2(C(F)(F)F)OC3(CN12)c1ccccc1C=Cc1ccccc13. The molecule has 2 heterocycles. The fraction of sp³-hybridized carbons (Fsp3) is 0.318. The zero-order valence-electron chi connectivity index (χ0n) is 15.0. The predicted molar refractivity (Wildman–Crippen MR) is 98.0 cm³/mol. The van der Waals surface area contributed by atoms with Gasteiger partial charge in [-0.25, -0.2) is 0 Å². The molecule has 2 fully saturated rings.